The van der Waals surface area contributed by atoms with Gasteiger partial charge in [0.15, 0.2) is 17.6 Å². The molecule has 0 saturated heterocycles. The van der Waals surface area contributed by atoms with E-state index >= 15 is 0 Å². The molecule has 0 spiro atoms. The Bertz CT molecular complexity index is 795. The van der Waals surface area contributed by atoms with E-state index in [-0.39, 0.29) is 11.9 Å². The van der Waals surface area contributed by atoms with Crippen molar-refractivity contribution >= 4 is 17.5 Å². The molecule has 2 aromatic rings. The molecule has 28 heavy (non-hydrogen) atoms. The van der Waals surface area contributed by atoms with Gasteiger partial charge in [-0.05, 0) is 56.2 Å². The van der Waals surface area contributed by atoms with Crippen LogP contribution in [-0.2, 0) is 11.3 Å². The quantitative estimate of drug-likeness (QED) is 0.671. The van der Waals surface area contributed by atoms with Crippen molar-refractivity contribution in [3.8, 4) is 11.5 Å². The van der Waals surface area contributed by atoms with Crippen molar-refractivity contribution in [1.29, 1.82) is 0 Å². The van der Waals surface area contributed by atoms with E-state index in [4.69, 9.17) is 21.1 Å². The molecule has 1 amide bonds. The second kappa shape index (κ2) is 10.3. The van der Waals surface area contributed by atoms with Gasteiger partial charge in [-0.15, -0.1) is 0 Å². The van der Waals surface area contributed by atoms with Crippen molar-refractivity contribution in [3.63, 3.8) is 0 Å². The molecule has 0 aliphatic heterocycles. The van der Waals surface area contributed by atoms with E-state index in [1.54, 1.807) is 21.0 Å². The van der Waals surface area contributed by atoms with Gasteiger partial charge in [-0.25, -0.2) is 0 Å². The molecular weight excluding hydrogens is 376 g/mol. The minimum atomic E-state index is -0.582. The van der Waals surface area contributed by atoms with Crippen molar-refractivity contribution in [2.24, 2.45) is 0 Å². The lowest BCUT2D eigenvalue weighted by Crippen LogP contribution is -2.35. The van der Waals surface area contributed by atoms with Gasteiger partial charge in [0.25, 0.3) is 5.91 Å². The molecule has 0 aliphatic carbocycles. The summed E-state index contributed by atoms with van der Waals surface area (Å²) in [6, 6.07) is 13.8. The maximum atomic E-state index is 12.1. The van der Waals surface area contributed by atoms with Crippen molar-refractivity contribution < 1.29 is 14.3 Å². The maximum Gasteiger partial charge on any atom is 0.262 e. The summed E-state index contributed by atoms with van der Waals surface area (Å²) < 4.78 is 11.6. The molecule has 2 unspecified atom stereocenters. The first kappa shape index (κ1) is 22.1. The first-order valence-electron chi connectivity index (χ1n) is 9.44. The zero-order chi connectivity index (χ0) is 20.7. The van der Waals surface area contributed by atoms with Gasteiger partial charge in [0.05, 0.1) is 6.61 Å². The van der Waals surface area contributed by atoms with Crippen LogP contribution < -0.4 is 14.8 Å². The van der Waals surface area contributed by atoms with E-state index in [2.05, 4.69) is 18.3 Å². The summed E-state index contributed by atoms with van der Waals surface area (Å²) in [5.41, 5.74) is 2.20. The Labute approximate surface area is 172 Å². The summed E-state index contributed by atoms with van der Waals surface area (Å²) >= 11 is 6.08. The van der Waals surface area contributed by atoms with Crippen LogP contribution in [0, 0.1) is 0 Å². The predicted octanol–water partition coefficient (Wildman–Crippen LogP) is 4.45. The topological polar surface area (TPSA) is 50.8 Å². The maximum absolute atomic E-state index is 12.1. The summed E-state index contributed by atoms with van der Waals surface area (Å²) in [6.07, 6.45) is -0.582. The van der Waals surface area contributed by atoms with Crippen LogP contribution in [0.2, 0.25) is 5.02 Å². The molecule has 0 saturated carbocycles. The fraction of sp³-hybridized carbons (Fsp3) is 0.409. The zero-order valence-corrected chi connectivity index (χ0v) is 17.9. The Morgan fingerprint density at radius 3 is 2.54 bits per heavy atom. The Morgan fingerprint density at radius 2 is 1.89 bits per heavy atom. The standard InChI is InChI=1S/C22H29ClN2O3/c1-6-27-21-12-17(10-11-20(21)28-16(3)22(26)25(4)5)14-24-15(2)18-8-7-9-19(23)13-18/h7-13,15-16,24H,6,14H2,1-5H3. The van der Waals surface area contributed by atoms with Crippen LogP contribution >= 0.6 is 11.6 Å². The van der Waals surface area contributed by atoms with Crippen LogP contribution in [0.15, 0.2) is 42.5 Å². The number of halogens is 1. The highest BCUT2D eigenvalue weighted by molar-refractivity contribution is 6.30. The molecule has 0 aliphatic rings. The smallest absolute Gasteiger partial charge is 0.262 e. The molecule has 2 rings (SSSR count). The average Bonchev–Trinajstić information content (AvgIpc) is 2.67. The number of amides is 1. The minimum absolute atomic E-state index is 0.0939. The lowest BCUT2D eigenvalue weighted by Gasteiger charge is -2.21. The third-order valence-corrected chi connectivity index (χ3v) is 4.60. The lowest BCUT2D eigenvalue weighted by molar-refractivity contribution is -0.135. The summed E-state index contributed by atoms with van der Waals surface area (Å²) in [7, 11) is 3.42. The van der Waals surface area contributed by atoms with Gasteiger partial charge in [0.1, 0.15) is 0 Å². The van der Waals surface area contributed by atoms with Crippen LogP contribution in [0.1, 0.15) is 37.9 Å². The monoisotopic (exact) mass is 404 g/mol. The van der Waals surface area contributed by atoms with Gasteiger partial charge in [-0.3, -0.25) is 4.79 Å². The molecule has 2 atom stereocenters. The van der Waals surface area contributed by atoms with Crippen LogP contribution in [0.4, 0.5) is 0 Å². The number of ether oxygens (including phenoxy) is 2. The highest BCUT2D eigenvalue weighted by Gasteiger charge is 2.19. The van der Waals surface area contributed by atoms with E-state index in [0.29, 0.717) is 24.7 Å². The Balaban J connectivity index is 2.07. The number of nitrogens with one attached hydrogen (secondary N) is 1. The van der Waals surface area contributed by atoms with Crippen molar-refractivity contribution in [2.45, 2.75) is 39.5 Å². The fourth-order valence-corrected chi connectivity index (χ4v) is 3.00. The fourth-order valence-electron chi connectivity index (χ4n) is 2.80. The molecule has 2 aromatic carbocycles. The number of hydrogen-bond donors (Lipinski definition) is 1. The normalized spacial score (nSPS) is 12.9. The molecule has 1 N–H and O–H groups in total. The van der Waals surface area contributed by atoms with Gasteiger partial charge in [-0.2, -0.15) is 0 Å². The van der Waals surface area contributed by atoms with Gasteiger partial charge in [0, 0.05) is 31.7 Å². The van der Waals surface area contributed by atoms with Gasteiger partial charge in [-0.1, -0.05) is 29.8 Å². The molecule has 0 aromatic heterocycles. The van der Waals surface area contributed by atoms with Crippen molar-refractivity contribution in [3.05, 3.63) is 58.6 Å². The van der Waals surface area contributed by atoms with E-state index in [1.807, 2.05) is 43.3 Å². The number of carbonyl (C=O) groups is 1. The number of carbonyl (C=O) groups excluding carboxylic acids is 1. The highest BCUT2D eigenvalue weighted by atomic mass is 35.5. The Morgan fingerprint density at radius 1 is 1.14 bits per heavy atom. The Hall–Kier alpha value is -2.24. The van der Waals surface area contributed by atoms with E-state index in [9.17, 15) is 4.79 Å². The molecule has 0 fully saturated rings. The largest absolute Gasteiger partial charge is 0.490 e. The third-order valence-electron chi connectivity index (χ3n) is 4.36. The van der Waals surface area contributed by atoms with Crippen LogP contribution in [0.3, 0.4) is 0 Å². The molecule has 0 heterocycles. The SMILES string of the molecule is CCOc1cc(CNC(C)c2cccc(Cl)c2)ccc1OC(C)C(=O)N(C)C. The second-order valence-corrected chi connectivity index (χ2v) is 7.30. The van der Waals surface area contributed by atoms with Crippen molar-refractivity contribution in [2.75, 3.05) is 20.7 Å². The summed E-state index contributed by atoms with van der Waals surface area (Å²) in [4.78, 5) is 13.6. The van der Waals surface area contributed by atoms with Crippen LogP contribution in [-0.4, -0.2) is 37.6 Å². The number of nitrogens with zero attached hydrogens (tertiary/aromatic N) is 1. The van der Waals surface area contributed by atoms with E-state index in [1.165, 1.54) is 4.90 Å². The molecule has 6 heteroatoms. The first-order chi connectivity index (χ1) is 13.3. The molecule has 0 bridgehead atoms. The third kappa shape index (κ3) is 6.14. The van der Waals surface area contributed by atoms with Gasteiger partial charge in [0.2, 0.25) is 0 Å². The highest BCUT2D eigenvalue weighted by Crippen LogP contribution is 2.30. The first-order valence-corrected chi connectivity index (χ1v) is 9.82. The number of benzene rings is 2. The minimum Gasteiger partial charge on any atom is -0.490 e. The number of likely N-dealkylation sites (N-methyl/N-ethyl adjacent to an activating group) is 1. The molecule has 0 radical (unpaired) electrons. The van der Waals surface area contributed by atoms with E-state index in [0.717, 1.165) is 16.1 Å². The molecular formula is C22H29ClN2O3. The van der Waals surface area contributed by atoms with E-state index < -0.39 is 6.10 Å². The van der Waals surface area contributed by atoms with Crippen molar-refractivity contribution in [1.82, 2.24) is 10.2 Å². The summed E-state index contributed by atoms with van der Waals surface area (Å²) in [5.74, 6) is 1.11. The Kier molecular flexibility index (Phi) is 8.15. The van der Waals surface area contributed by atoms with Crippen LogP contribution in [0.25, 0.3) is 0 Å². The number of hydrogen-bond acceptors (Lipinski definition) is 4. The van der Waals surface area contributed by atoms with Crippen LogP contribution in [0.5, 0.6) is 11.5 Å². The summed E-state index contributed by atoms with van der Waals surface area (Å²) in [6.45, 7) is 6.94. The van der Waals surface area contributed by atoms with Gasteiger partial charge >= 0.3 is 0 Å². The second-order valence-electron chi connectivity index (χ2n) is 6.86. The number of rotatable bonds is 9. The molecule has 152 valence electrons. The molecule has 5 nitrogen and oxygen atoms in total. The lowest BCUT2D eigenvalue weighted by atomic mass is 10.1. The van der Waals surface area contributed by atoms with Gasteiger partial charge < -0.3 is 19.7 Å². The predicted molar refractivity (Wildman–Crippen MR) is 113 cm³/mol. The average molecular weight is 405 g/mol. The summed E-state index contributed by atoms with van der Waals surface area (Å²) in [5, 5.41) is 4.22. The zero-order valence-electron chi connectivity index (χ0n) is 17.2.